The Morgan fingerprint density at radius 3 is 1.26 bits per heavy atom. The third-order valence-corrected chi connectivity index (χ3v) is 10.5. The van der Waals surface area contributed by atoms with Gasteiger partial charge in [-0.3, -0.25) is 0 Å². The van der Waals surface area contributed by atoms with E-state index in [4.69, 9.17) is 4.74 Å². The minimum atomic E-state index is 0.859. The van der Waals surface area contributed by atoms with Crippen molar-refractivity contribution in [2.75, 3.05) is 4.90 Å². The van der Waals surface area contributed by atoms with E-state index in [-0.39, 0.29) is 0 Å². The van der Waals surface area contributed by atoms with Crippen LogP contribution in [0.3, 0.4) is 0 Å². The fourth-order valence-electron chi connectivity index (χ4n) is 7.80. The van der Waals surface area contributed by atoms with Gasteiger partial charge in [-0.05, 0) is 104 Å². The highest BCUT2D eigenvalue weighted by molar-refractivity contribution is 6.10. The minimum absolute atomic E-state index is 0.859. The summed E-state index contributed by atoms with van der Waals surface area (Å²) in [5.41, 5.74) is 15.1. The summed E-state index contributed by atoms with van der Waals surface area (Å²) >= 11 is 0. The molecular formula is C52H35NO. The zero-order valence-electron chi connectivity index (χ0n) is 29.6. The van der Waals surface area contributed by atoms with Crippen LogP contribution in [0.5, 0.6) is 11.5 Å². The van der Waals surface area contributed by atoms with Crippen LogP contribution in [0.1, 0.15) is 0 Å². The molecule has 254 valence electrons. The van der Waals surface area contributed by atoms with Crippen molar-refractivity contribution in [3.63, 3.8) is 0 Å². The normalized spacial score (nSPS) is 11.5. The van der Waals surface area contributed by atoms with Crippen LogP contribution in [0, 0.1) is 0 Å². The van der Waals surface area contributed by atoms with Crippen LogP contribution in [0.4, 0.5) is 17.1 Å². The van der Waals surface area contributed by atoms with Gasteiger partial charge in [0.25, 0.3) is 0 Å². The van der Waals surface area contributed by atoms with Gasteiger partial charge in [0.05, 0.1) is 0 Å². The molecule has 0 saturated carbocycles. The molecule has 0 aromatic heterocycles. The maximum atomic E-state index is 6.67. The van der Waals surface area contributed by atoms with Gasteiger partial charge in [-0.15, -0.1) is 0 Å². The molecule has 1 aliphatic rings. The van der Waals surface area contributed by atoms with E-state index in [1.165, 1.54) is 55.5 Å². The predicted octanol–water partition coefficient (Wildman–Crippen LogP) is 14.8. The van der Waals surface area contributed by atoms with Crippen LogP contribution in [0.2, 0.25) is 0 Å². The van der Waals surface area contributed by atoms with E-state index in [2.05, 4.69) is 217 Å². The van der Waals surface area contributed by atoms with Gasteiger partial charge in [0.2, 0.25) is 0 Å². The molecule has 54 heavy (non-hydrogen) atoms. The van der Waals surface area contributed by atoms with Crippen molar-refractivity contribution < 1.29 is 4.74 Å². The first-order valence-corrected chi connectivity index (χ1v) is 18.4. The molecule has 0 atom stereocenters. The van der Waals surface area contributed by atoms with Gasteiger partial charge in [-0.2, -0.15) is 0 Å². The second kappa shape index (κ2) is 13.4. The van der Waals surface area contributed by atoms with Crippen LogP contribution in [0.25, 0.3) is 66.4 Å². The van der Waals surface area contributed by atoms with Crippen LogP contribution in [-0.4, -0.2) is 0 Å². The van der Waals surface area contributed by atoms with Crippen molar-refractivity contribution in [3.8, 4) is 67.1 Å². The van der Waals surface area contributed by atoms with E-state index in [0.29, 0.717) is 0 Å². The topological polar surface area (TPSA) is 12.5 Å². The Morgan fingerprint density at radius 1 is 0.278 bits per heavy atom. The van der Waals surface area contributed by atoms with Gasteiger partial charge in [-0.25, -0.2) is 0 Å². The van der Waals surface area contributed by atoms with E-state index in [9.17, 15) is 0 Å². The Hall–Kier alpha value is -7.16. The Morgan fingerprint density at radius 2 is 0.722 bits per heavy atom. The molecule has 1 aliphatic heterocycles. The minimum Gasteiger partial charge on any atom is -0.456 e. The standard InChI is InChI=1S/C52H35NO/c1-4-11-36(12-5-1)39-19-21-42(22-20-39)46-32-34-51-52-47(46)17-10-18-48(52)49-35-45(31-33-50(49)54-51)53(43-27-23-40(24-28-43)37-13-6-2-7-14-37)44-29-25-41(26-30-44)38-15-8-3-9-16-38/h1-35H. The van der Waals surface area contributed by atoms with Gasteiger partial charge in [0.1, 0.15) is 11.5 Å². The second-order valence-corrected chi connectivity index (χ2v) is 13.7. The smallest absolute Gasteiger partial charge is 0.135 e. The molecule has 0 aliphatic carbocycles. The highest BCUT2D eigenvalue weighted by Gasteiger charge is 2.24. The molecule has 0 spiro atoms. The van der Waals surface area contributed by atoms with Gasteiger partial charge < -0.3 is 9.64 Å². The summed E-state index contributed by atoms with van der Waals surface area (Å²) < 4.78 is 6.67. The molecule has 0 radical (unpaired) electrons. The van der Waals surface area contributed by atoms with Crippen LogP contribution < -0.4 is 9.64 Å². The molecule has 0 fully saturated rings. The van der Waals surface area contributed by atoms with Crippen molar-refractivity contribution in [3.05, 3.63) is 212 Å². The summed E-state index contributed by atoms with van der Waals surface area (Å²) in [7, 11) is 0. The monoisotopic (exact) mass is 689 g/mol. The summed E-state index contributed by atoms with van der Waals surface area (Å²) in [6, 6.07) is 75.7. The van der Waals surface area contributed by atoms with Gasteiger partial charge >= 0.3 is 0 Å². The molecule has 9 aromatic carbocycles. The maximum absolute atomic E-state index is 6.67. The molecular weight excluding hydrogens is 655 g/mol. The number of anilines is 3. The number of hydrogen-bond donors (Lipinski definition) is 0. The summed E-state index contributed by atoms with van der Waals surface area (Å²) in [6.45, 7) is 0. The van der Waals surface area contributed by atoms with E-state index in [1.54, 1.807) is 0 Å². The predicted molar refractivity (Wildman–Crippen MR) is 226 cm³/mol. The zero-order valence-corrected chi connectivity index (χ0v) is 29.6. The van der Waals surface area contributed by atoms with Crippen LogP contribution in [0.15, 0.2) is 212 Å². The summed E-state index contributed by atoms with van der Waals surface area (Å²) in [5.74, 6) is 1.74. The van der Waals surface area contributed by atoms with Gasteiger partial charge in [-0.1, -0.05) is 164 Å². The number of rotatable bonds is 7. The van der Waals surface area contributed by atoms with E-state index < -0.39 is 0 Å². The number of fused-ring (bicyclic) bond motifs is 2. The molecule has 0 amide bonds. The van der Waals surface area contributed by atoms with E-state index in [0.717, 1.165) is 39.5 Å². The van der Waals surface area contributed by atoms with E-state index in [1.807, 2.05) is 0 Å². The zero-order chi connectivity index (χ0) is 35.8. The van der Waals surface area contributed by atoms with Crippen LogP contribution >= 0.6 is 0 Å². The van der Waals surface area contributed by atoms with Gasteiger partial charge in [0.15, 0.2) is 0 Å². The third kappa shape index (κ3) is 5.71. The summed E-state index contributed by atoms with van der Waals surface area (Å²) in [4.78, 5) is 2.34. The fraction of sp³-hybridized carbons (Fsp3) is 0. The largest absolute Gasteiger partial charge is 0.456 e. The first-order valence-electron chi connectivity index (χ1n) is 18.4. The lowest BCUT2D eigenvalue weighted by molar-refractivity contribution is 0.487. The molecule has 10 rings (SSSR count). The van der Waals surface area contributed by atoms with Gasteiger partial charge in [0, 0.05) is 28.0 Å². The first kappa shape index (κ1) is 31.6. The SMILES string of the molecule is c1ccc(-c2ccc(-c3ccc4c5c(cccc35)-c3cc(N(c5ccc(-c6ccccc6)cc5)c5ccc(-c6ccccc6)cc5)ccc3O4)cc2)cc1. The van der Waals surface area contributed by atoms with Crippen molar-refractivity contribution in [1.29, 1.82) is 0 Å². The maximum Gasteiger partial charge on any atom is 0.135 e. The molecule has 1 heterocycles. The molecule has 0 N–H and O–H groups in total. The Balaban J connectivity index is 1.07. The number of nitrogens with zero attached hydrogens (tertiary/aromatic N) is 1. The lowest BCUT2D eigenvalue weighted by Crippen LogP contribution is -2.10. The van der Waals surface area contributed by atoms with Crippen molar-refractivity contribution in [1.82, 2.24) is 0 Å². The average Bonchev–Trinajstić information content (AvgIpc) is 3.26. The van der Waals surface area contributed by atoms with Crippen molar-refractivity contribution in [2.45, 2.75) is 0 Å². The second-order valence-electron chi connectivity index (χ2n) is 13.7. The number of benzene rings is 9. The highest BCUT2D eigenvalue weighted by Crippen LogP contribution is 2.50. The fourth-order valence-corrected chi connectivity index (χ4v) is 7.80. The quantitative estimate of drug-likeness (QED) is 0.165. The Kier molecular flexibility index (Phi) is 7.85. The molecule has 0 unspecified atom stereocenters. The molecule has 0 bridgehead atoms. The lowest BCUT2D eigenvalue weighted by Gasteiger charge is -2.28. The summed E-state index contributed by atoms with van der Waals surface area (Å²) in [6.07, 6.45) is 0. The van der Waals surface area contributed by atoms with E-state index >= 15 is 0 Å². The molecule has 2 heteroatoms. The molecule has 2 nitrogen and oxygen atoms in total. The first-order chi connectivity index (χ1) is 26.8. The Labute approximate surface area is 315 Å². The Bertz CT molecular complexity index is 2660. The number of hydrogen-bond acceptors (Lipinski definition) is 2. The van der Waals surface area contributed by atoms with Crippen molar-refractivity contribution >= 4 is 27.8 Å². The lowest BCUT2D eigenvalue weighted by atomic mass is 9.90. The molecule has 0 saturated heterocycles. The number of ether oxygens (including phenoxy) is 1. The third-order valence-electron chi connectivity index (χ3n) is 10.5. The van der Waals surface area contributed by atoms with Crippen molar-refractivity contribution in [2.24, 2.45) is 0 Å². The summed E-state index contributed by atoms with van der Waals surface area (Å²) in [5, 5.41) is 2.32. The molecule has 9 aromatic rings. The highest BCUT2D eigenvalue weighted by atomic mass is 16.5. The van der Waals surface area contributed by atoms with Crippen LogP contribution in [-0.2, 0) is 0 Å². The average molecular weight is 690 g/mol.